The molecule has 1 aromatic rings. The van der Waals surface area contributed by atoms with Crippen molar-refractivity contribution in [1.82, 2.24) is 15.1 Å². The molecule has 1 N–H and O–H groups in total. The minimum atomic E-state index is 0. The van der Waals surface area contributed by atoms with Crippen molar-refractivity contribution in [3.8, 4) is 0 Å². The number of rotatable bonds is 3. The zero-order chi connectivity index (χ0) is 15.6. The Morgan fingerprint density at radius 3 is 2.75 bits per heavy atom. The molecule has 1 aliphatic carbocycles. The summed E-state index contributed by atoms with van der Waals surface area (Å²) >= 11 is 0. The fraction of sp³-hybridized carbons (Fsp3) is 0.632. The Balaban J connectivity index is 0.00000169. The Bertz CT molecular complexity index is 586. The molecular weight excluding hydrogens is 322 g/mol. The van der Waals surface area contributed by atoms with E-state index in [0.29, 0.717) is 18.4 Å². The fourth-order valence-electron chi connectivity index (χ4n) is 4.34. The molecule has 4 rings (SSSR count). The summed E-state index contributed by atoms with van der Waals surface area (Å²) in [5.74, 6) is 0.306. The molecule has 0 aromatic heterocycles. The highest BCUT2D eigenvalue weighted by Gasteiger charge is 2.30. The van der Waals surface area contributed by atoms with Crippen molar-refractivity contribution in [2.75, 3.05) is 39.3 Å². The van der Waals surface area contributed by atoms with E-state index in [1.807, 2.05) is 0 Å². The van der Waals surface area contributed by atoms with Crippen LogP contribution in [0.5, 0.6) is 0 Å². The standard InChI is InChI=1S/C19H27N3O.ClH/c23-19(13-15-4-5-16-2-1-3-17(16)12-15)22-9-6-18(14-22)21-10-7-20-8-11-21;/h4-5,12,18,20H,1-3,6-11,13-14H2;1H. The van der Waals surface area contributed by atoms with E-state index in [1.54, 1.807) is 0 Å². The van der Waals surface area contributed by atoms with Gasteiger partial charge >= 0.3 is 0 Å². The van der Waals surface area contributed by atoms with Crippen LogP contribution in [-0.2, 0) is 24.1 Å². The molecule has 0 radical (unpaired) electrons. The number of likely N-dealkylation sites (tertiary alicyclic amines) is 1. The van der Waals surface area contributed by atoms with Crippen molar-refractivity contribution in [1.29, 1.82) is 0 Å². The summed E-state index contributed by atoms with van der Waals surface area (Å²) in [4.78, 5) is 17.3. The zero-order valence-electron chi connectivity index (χ0n) is 14.3. The van der Waals surface area contributed by atoms with E-state index in [-0.39, 0.29) is 12.4 Å². The van der Waals surface area contributed by atoms with E-state index >= 15 is 0 Å². The summed E-state index contributed by atoms with van der Waals surface area (Å²) in [7, 11) is 0. The van der Waals surface area contributed by atoms with Crippen molar-refractivity contribution in [3.05, 3.63) is 34.9 Å². The molecular formula is C19H28ClN3O. The second kappa shape index (κ2) is 7.85. The maximum atomic E-state index is 12.6. The van der Waals surface area contributed by atoms with Crippen LogP contribution in [0.1, 0.15) is 29.5 Å². The van der Waals surface area contributed by atoms with E-state index in [1.165, 1.54) is 36.0 Å². The van der Waals surface area contributed by atoms with Crippen LogP contribution < -0.4 is 5.32 Å². The lowest BCUT2D eigenvalue weighted by Crippen LogP contribution is -2.49. The van der Waals surface area contributed by atoms with Gasteiger partial charge in [-0.1, -0.05) is 18.2 Å². The number of benzene rings is 1. The summed E-state index contributed by atoms with van der Waals surface area (Å²) in [6.07, 6.45) is 5.37. The van der Waals surface area contributed by atoms with Crippen LogP contribution in [0.25, 0.3) is 0 Å². The lowest BCUT2D eigenvalue weighted by Gasteiger charge is -2.32. The molecule has 132 valence electrons. The van der Waals surface area contributed by atoms with Crippen LogP contribution in [0.15, 0.2) is 18.2 Å². The first-order chi connectivity index (χ1) is 11.3. The minimum absolute atomic E-state index is 0. The normalized spacial score (nSPS) is 23.8. The quantitative estimate of drug-likeness (QED) is 0.901. The van der Waals surface area contributed by atoms with Crippen LogP contribution >= 0.6 is 12.4 Å². The summed E-state index contributed by atoms with van der Waals surface area (Å²) in [5.41, 5.74) is 4.15. The molecule has 4 nitrogen and oxygen atoms in total. The summed E-state index contributed by atoms with van der Waals surface area (Å²) in [5, 5.41) is 3.40. The van der Waals surface area contributed by atoms with Gasteiger partial charge in [0.15, 0.2) is 0 Å². The predicted molar refractivity (Wildman–Crippen MR) is 98.8 cm³/mol. The van der Waals surface area contributed by atoms with E-state index in [4.69, 9.17) is 0 Å². The van der Waals surface area contributed by atoms with Gasteiger partial charge in [-0.15, -0.1) is 12.4 Å². The number of hydrogen-bond acceptors (Lipinski definition) is 3. The zero-order valence-corrected chi connectivity index (χ0v) is 15.1. The number of nitrogens with zero attached hydrogens (tertiary/aromatic N) is 2. The molecule has 2 saturated heterocycles. The lowest BCUT2D eigenvalue weighted by molar-refractivity contribution is -0.129. The molecule has 2 heterocycles. The Hall–Kier alpha value is -1.10. The van der Waals surface area contributed by atoms with Crippen LogP contribution in [-0.4, -0.2) is 61.0 Å². The molecule has 2 fully saturated rings. The number of nitrogens with one attached hydrogen (secondary N) is 1. The van der Waals surface area contributed by atoms with Gasteiger partial charge in [0.05, 0.1) is 6.42 Å². The third-order valence-electron chi connectivity index (χ3n) is 5.70. The van der Waals surface area contributed by atoms with Crippen LogP contribution in [0.4, 0.5) is 0 Å². The molecule has 0 spiro atoms. The van der Waals surface area contributed by atoms with E-state index in [2.05, 4.69) is 33.3 Å². The molecule has 1 atom stereocenters. The van der Waals surface area contributed by atoms with E-state index < -0.39 is 0 Å². The van der Waals surface area contributed by atoms with Gasteiger partial charge < -0.3 is 10.2 Å². The van der Waals surface area contributed by atoms with Crippen LogP contribution in [0.3, 0.4) is 0 Å². The minimum Gasteiger partial charge on any atom is -0.341 e. The number of halogens is 1. The number of hydrogen-bond donors (Lipinski definition) is 1. The molecule has 1 unspecified atom stereocenters. The smallest absolute Gasteiger partial charge is 0.227 e. The number of piperazine rings is 1. The first-order valence-corrected chi connectivity index (χ1v) is 9.13. The van der Waals surface area contributed by atoms with Gasteiger partial charge in [0, 0.05) is 45.3 Å². The second-order valence-corrected chi connectivity index (χ2v) is 7.20. The Morgan fingerprint density at radius 1 is 1.12 bits per heavy atom. The average molecular weight is 350 g/mol. The van der Waals surface area contributed by atoms with Gasteiger partial charge in [0.1, 0.15) is 0 Å². The van der Waals surface area contributed by atoms with Gasteiger partial charge in [0.2, 0.25) is 5.91 Å². The molecule has 0 saturated carbocycles. The summed E-state index contributed by atoms with van der Waals surface area (Å²) in [6.45, 7) is 6.26. The van der Waals surface area contributed by atoms with Gasteiger partial charge in [-0.2, -0.15) is 0 Å². The van der Waals surface area contributed by atoms with Gasteiger partial charge in [0.25, 0.3) is 0 Å². The SMILES string of the molecule is Cl.O=C(Cc1ccc2c(c1)CCC2)N1CCC(N2CCNCC2)C1. The van der Waals surface area contributed by atoms with Crippen molar-refractivity contribution < 1.29 is 4.79 Å². The van der Waals surface area contributed by atoms with Gasteiger partial charge in [-0.05, 0) is 42.4 Å². The highest BCUT2D eigenvalue weighted by molar-refractivity contribution is 5.85. The van der Waals surface area contributed by atoms with Crippen molar-refractivity contribution in [2.45, 2.75) is 38.1 Å². The largest absolute Gasteiger partial charge is 0.341 e. The topological polar surface area (TPSA) is 35.6 Å². The predicted octanol–water partition coefficient (Wildman–Crippen LogP) is 1.65. The molecule has 5 heteroatoms. The monoisotopic (exact) mass is 349 g/mol. The third-order valence-corrected chi connectivity index (χ3v) is 5.70. The molecule has 1 aromatic carbocycles. The Kier molecular flexibility index (Phi) is 5.80. The van der Waals surface area contributed by atoms with E-state index in [9.17, 15) is 4.79 Å². The average Bonchev–Trinajstić information content (AvgIpc) is 3.24. The Morgan fingerprint density at radius 2 is 1.92 bits per heavy atom. The molecule has 0 bridgehead atoms. The maximum Gasteiger partial charge on any atom is 0.227 e. The lowest BCUT2D eigenvalue weighted by atomic mass is 10.0. The van der Waals surface area contributed by atoms with E-state index in [0.717, 1.165) is 45.7 Å². The summed E-state index contributed by atoms with van der Waals surface area (Å²) in [6, 6.07) is 7.23. The van der Waals surface area contributed by atoms with Gasteiger partial charge in [-0.3, -0.25) is 9.69 Å². The van der Waals surface area contributed by atoms with Crippen molar-refractivity contribution in [2.24, 2.45) is 0 Å². The number of carbonyl (C=O) groups is 1. The second-order valence-electron chi connectivity index (χ2n) is 7.20. The highest BCUT2D eigenvalue weighted by atomic mass is 35.5. The molecule has 1 amide bonds. The number of amides is 1. The maximum absolute atomic E-state index is 12.6. The number of aryl methyl sites for hydroxylation is 2. The first kappa shape index (κ1) is 17.7. The third kappa shape index (κ3) is 3.76. The Labute approximate surface area is 151 Å². The van der Waals surface area contributed by atoms with Crippen molar-refractivity contribution >= 4 is 18.3 Å². The number of carbonyl (C=O) groups excluding carboxylic acids is 1. The number of fused-ring (bicyclic) bond motifs is 1. The molecule has 24 heavy (non-hydrogen) atoms. The first-order valence-electron chi connectivity index (χ1n) is 9.13. The highest BCUT2D eigenvalue weighted by Crippen LogP contribution is 2.24. The summed E-state index contributed by atoms with van der Waals surface area (Å²) < 4.78 is 0. The molecule has 3 aliphatic rings. The van der Waals surface area contributed by atoms with Crippen LogP contribution in [0, 0.1) is 0 Å². The fourth-order valence-corrected chi connectivity index (χ4v) is 4.34. The van der Waals surface area contributed by atoms with Crippen molar-refractivity contribution in [3.63, 3.8) is 0 Å². The van der Waals surface area contributed by atoms with Gasteiger partial charge in [-0.25, -0.2) is 0 Å². The van der Waals surface area contributed by atoms with Crippen LogP contribution in [0.2, 0.25) is 0 Å². The molecule has 2 aliphatic heterocycles.